The molecule has 0 saturated carbocycles. The summed E-state index contributed by atoms with van der Waals surface area (Å²) in [4.78, 5) is 9.90. The maximum Gasteiger partial charge on any atom is 0.149 e. The van der Waals surface area contributed by atoms with E-state index in [1.54, 1.807) is 0 Å². The van der Waals surface area contributed by atoms with E-state index in [0.717, 1.165) is 55.7 Å². The predicted molar refractivity (Wildman–Crippen MR) is 130 cm³/mol. The molecular weight excluding hydrogens is 394 g/mol. The van der Waals surface area contributed by atoms with Crippen LogP contribution >= 0.6 is 0 Å². The number of pyridine rings is 1. The summed E-state index contributed by atoms with van der Waals surface area (Å²) in [5.41, 5.74) is 6.63. The lowest BCUT2D eigenvalue weighted by Gasteiger charge is -2.17. The van der Waals surface area contributed by atoms with E-state index in [1.165, 1.54) is 0 Å². The molecule has 0 atom stereocenters. The predicted octanol–water partition coefficient (Wildman–Crippen LogP) is 7.28. The van der Waals surface area contributed by atoms with Crippen molar-refractivity contribution in [3.8, 4) is 17.1 Å². The Balaban J connectivity index is 1.71. The lowest BCUT2D eigenvalue weighted by Crippen LogP contribution is -2.13. The monoisotopic (exact) mass is 417 g/mol. The first-order valence-corrected chi connectivity index (χ1v) is 10.9. The summed E-state index contributed by atoms with van der Waals surface area (Å²) >= 11 is 0. The van der Waals surface area contributed by atoms with Gasteiger partial charge < -0.3 is 4.42 Å². The third-order valence-electron chi connectivity index (χ3n) is 5.97. The van der Waals surface area contributed by atoms with Gasteiger partial charge >= 0.3 is 0 Å². The van der Waals surface area contributed by atoms with E-state index < -0.39 is 0 Å². The minimum absolute atomic E-state index is 0.0520. The third-order valence-corrected chi connectivity index (χ3v) is 5.97. The number of hydrogen-bond donors (Lipinski definition) is 0. The van der Waals surface area contributed by atoms with Crippen LogP contribution in [0.15, 0.2) is 89.5 Å². The molecule has 0 bridgehead atoms. The van der Waals surface area contributed by atoms with Gasteiger partial charge in [-0.05, 0) is 30.3 Å². The zero-order valence-electron chi connectivity index (χ0n) is 18.3. The number of nitrogens with zero attached hydrogens (tertiary/aromatic N) is 3. The Morgan fingerprint density at radius 2 is 1.56 bits per heavy atom. The van der Waals surface area contributed by atoms with Gasteiger partial charge in [0.15, 0.2) is 0 Å². The van der Waals surface area contributed by atoms with E-state index in [1.807, 2.05) is 42.6 Å². The first kappa shape index (κ1) is 18.8. The Morgan fingerprint density at radius 3 is 2.38 bits per heavy atom. The molecule has 6 aromatic rings. The van der Waals surface area contributed by atoms with Crippen LogP contribution in [0.25, 0.3) is 50.0 Å². The normalized spacial score (nSPS) is 12.2. The lowest BCUT2D eigenvalue weighted by molar-refractivity contribution is 0.570. The van der Waals surface area contributed by atoms with Crippen LogP contribution in [0.5, 0.6) is 0 Å². The molecule has 0 saturated heterocycles. The van der Waals surface area contributed by atoms with E-state index in [9.17, 15) is 0 Å². The minimum Gasteiger partial charge on any atom is -0.455 e. The summed E-state index contributed by atoms with van der Waals surface area (Å²) in [5.74, 6) is 0.851. The highest BCUT2D eigenvalue weighted by Crippen LogP contribution is 2.38. The van der Waals surface area contributed by atoms with Gasteiger partial charge in [0, 0.05) is 27.6 Å². The fraction of sp³-hybridized carbons (Fsp3) is 0.143. The second-order valence-electron chi connectivity index (χ2n) is 9.20. The Morgan fingerprint density at radius 1 is 0.812 bits per heavy atom. The van der Waals surface area contributed by atoms with Gasteiger partial charge in [-0.3, -0.25) is 9.55 Å². The standard InChI is InChI=1S/C28H23N3O/c1-28(2,3)25-16-22-23(17-29-25)31(18-10-5-4-6-11-18)27(30-22)21-14-9-13-20-19-12-7-8-15-24(19)32-26(20)21/h4-17H,1-3H3. The number of hydrogen-bond acceptors (Lipinski definition) is 3. The number of rotatable bonds is 2. The molecule has 0 N–H and O–H groups in total. The van der Waals surface area contributed by atoms with Crippen molar-refractivity contribution in [2.75, 3.05) is 0 Å². The zero-order valence-corrected chi connectivity index (χ0v) is 18.3. The van der Waals surface area contributed by atoms with Crippen LogP contribution < -0.4 is 0 Å². The first-order valence-electron chi connectivity index (χ1n) is 10.9. The molecule has 0 unspecified atom stereocenters. The van der Waals surface area contributed by atoms with Gasteiger partial charge in [0.25, 0.3) is 0 Å². The van der Waals surface area contributed by atoms with Gasteiger partial charge in [-0.1, -0.05) is 69.3 Å². The van der Waals surface area contributed by atoms with Gasteiger partial charge in [0.1, 0.15) is 17.0 Å². The quantitative estimate of drug-likeness (QED) is 0.297. The SMILES string of the molecule is CC(C)(C)c1cc2nc(-c3cccc4c3oc3ccccc34)n(-c3ccccc3)c2cn1. The molecule has 4 nitrogen and oxygen atoms in total. The molecule has 3 aromatic heterocycles. The van der Waals surface area contributed by atoms with Gasteiger partial charge in [-0.15, -0.1) is 0 Å². The van der Waals surface area contributed by atoms with Crippen molar-refractivity contribution in [1.29, 1.82) is 0 Å². The van der Waals surface area contributed by atoms with Crippen molar-refractivity contribution in [3.05, 3.63) is 90.8 Å². The molecule has 0 aliphatic carbocycles. The molecule has 0 radical (unpaired) electrons. The highest BCUT2D eigenvalue weighted by molar-refractivity contribution is 6.09. The summed E-state index contributed by atoms with van der Waals surface area (Å²) in [6, 6.07) is 26.9. The van der Waals surface area contributed by atoms with Gasteiger partial charge in [0.05, 0.1) is 22.8 Å². The molecule has 0 fully saturated rings. The van der Waals surface area contributed by atoms with E-state index in [-0.39, 0.29) is 5.41 Å². The van der Waals surface area contributed by atoms with Crippen LogP contribution in [-0.2, 0) is 5.41 Å². The van der Waals surface area contributed by atoms with E-state index in [0.29, 0.717) is 0 Å². The molecular formula is C28H23N3O. The summed E-state index contributed by atoms with van der Waals surface area (Å²) in [5, 5.41) is 2.21. The Labute approximate surface area is 186 Å². The van der Waals surface area contributed by atoms with Gasteiger partial charge in [-0.25, -0.2) is 4.98 Å². The Hall–Kier alpha value is -3.92. The van der Waals surface area contributed by atoms with E-state index >= 15 is 0 Å². The van der Waals surface area contributed by atoms with Crippen molar-refractivity contribution in [2.45, 2.75) is 26.2 Å². The largest absolute Gasteiger partial charge is 0.455 e. The van der Waals surface area contributed by atoms with Crippen molar-refractivity contribution in [3.63, 3.8) is 0 Å². The molecule has 0 amide bonds. The topological polar surface area (TPSA) is 43.9 Å². The molecule has 3 aromatic carbocycles. The number of imidazole rings is 1. The van der Waals surface area contributed by atoms with Crippen LogP contribution in [0.2, 0.25) is 0 Å². The van der Waals surface area contributed by atoms with Crippen LogP contribution in [0.1, 0.15) is 26.5 Å². The van der Waals surface area contributed by atoms with Gasteiger partial charge in [0.2, 0.25) is 0 Å². The highest BCUT2D eigenvalue weighted by atomic mass is 16.3. The maximum absolute atomic E-state index is 6.33. The average Bonchev–Trinajstić information content (AvgIpc) is 3.37. The molecule has 6 rings (SSSR count). The fourth-order valence-electron chi connectivity index (χ4n) is 4.33. The summed E-state index contributed by atoms with van der Waals surface area (Å²) in [7, 11) is 0. The van der Waals surface area contributed by atoms with Crippen LogP contribution in [0, 0.1) is 0 Å². The zero-order chi connectivity index (χ0) is 21.9. The third kappa shape index (κ3) is 2.83. The number of fused-ring (bicyclic) bond motifs is 4. The lowest BCUT2D eigenvalue weighted by atomic mass is 9.91. The van der Waals surface area contributed by atoms with Crippen LogP contribution in [-0.4, -0.2) is 14.5 Å². The van der Waals surface area contributed by atoms with Crippen molar-refractivity contribution >= 4 is 33.0 Å². The van der Waals surface area contributed by atoms with E-state index in [4.69, 9.17) is 14.4 Å². The highest BCUT2D eigenvalue weighted by Gasteiger charge is 2.22. The Bertz CT molecular complexity index is 1600. The first-order chi connectivity index (χ1) is 15.5. The maximum atomic E-state index is 6.33. The second-order valence-corrected chi connectivity index (χ2v) is 9.20. The van der Waals surface area contributed by atoms with Gasteiger partial charge in [-0.2, -0.15) is 0 Å². The number of furan rings is 1. The summed E-state index contributed by atoms with van der Waals surface area (Å²) < 4.78 is 8.51. The second kappa shape index (κ2) is 6.79. The molecule has 3 heterocycles. The number of benzene rings is 3. The van der Waals surface area contributed by atoms with Crippen LogP contribution in [0.4, 0.5) is 0 Å². The summed E-state index contributed by atoms with van der Waals surface area (Å²) in [6.07, 6.45) is 1.94. The smallest absolute Gasteiger partial charge is 0.149 e. The van der Waals surface area contributed by atoms with E-state index in [2.05, 4.69) is 67.8 Å². The van der Waals surface area contributed by atoms with Crippen LogP contribution in [0.3, 0.4) is 0 Å². The molecule has 0 aliphatic rings. The molecule has 0 spiro atoms. The average molecular weight is 418 g/mol. The van der Waals surface area contributed by atoms with Crippen molar-refractivity contribution < 1.29 is 4.42 Å². The van der Waals surface area contributed by atoms with Crippen molar-refractivity contribution in [1.82, 2.24) is 14.5 Å². The molecule has 4 heteroatoms. The molecule has 0 aliphatic heterocycles. The Kier molecular flexibility index (Phi) is 3.99. The molecule has 32 heavy (non-hydrogen) atoms. The number of para-hydroxylation sites is 3. The number of aromatic nitrogens is 3. The fourth-order valence-corrected chi connectivity index (χ4v) is 4.33. The minimum atomic E-state index is -0.0520. The molecule has 156 valence electrons. The summed E-state index contributed by atoms with van der Waals surface area (Å²) in [6.45, 7) is 6.52. The van der Waals surface area contributed by atoms with Crippen molar-refractivity contribution in [2.24, 2.45) is 0 Å².